The predicted molar refractivity (Wildman–Crippen MR) is 72.9 cm³/mol. The number of hydrogen-bond acceptors (Lipinski definition) is 2. The van der Waals surface area contributed by atoms with Crippen LogP contribution in [0.25, 0.3) is 0 Å². The van der Waals surface area contributed by atoms with Crippen LogP contribution in [0, 0.1) is 5.92 Å². The zero-order valence-corrected chi connectivity index (χ0v) is 12.5. The normalized spacial score (nSPS) is 20.1. The lowest BCUT2D eigenvalue weighted by Gasteiger charge is -2.16. The van der Waals surface area contributed by atoms with E-state index in [1.54, 1.807) is 0 Å². The topological polar surface area (TPSA) is 34.1 Å². The molecule has 4 heteroatoms. The number of halogens is 1. The molecule has 1 atom stereocenters. The quantitative estimate of drug-likeness (QED) is 0.674. The summed E-state index contributed by atoms with van der Waals surface area (Å²) in [4.78, 5) is 0.534. The Labute approximate surface area is 108 Å². The smallest absolute Gasteiger partial charge is 0.150 e. The third kappa shape index (κ3) is 5.17. The molecule has 0 aliphatic heterocycles. The summed E-state index contributed by atoms with van der Waals surface area (Å²) in [6.45, 7) is 1.92. The second kappa shape index (κ2) is 7.00. The lowest BCUT2D eigenvalue weighted by Crippen LogP contribution is -2.15. The molecule has 0 aromatic rings. The van der Waals surface area contributed by atoms with Gasteiger partial charge in [-0.15, -0.1) is 0 Å². The maximum atomic E-state index is 11.5. The maximum absolute atomic E-state index is 11.5. The highest BCUT2D eigenvalue weighted by Crippen LogP contribution is 2.33. The molecule has 1 saturated carbocycles. The van der Waals surface area contributed by atoms with E-state index in [1.807, 2.05) is 6.92 Å². The molecule has 16 heavy (non-hydrogen) atoms. The number of sulfone groups is 1. The fourth-order valence-corrected chi connectivity index (χ4v) is 4.75. The first-order valence-electron chi connectivity index (χ1n) is 6.39. The van der Waals surface area contributed by atoms with Gasteiger partial charge in [0.1, 0.15) is 9.84 Å². The van der Waals surface area contributed by atoms with Crippen molar-refractivity contribution in [1.82, 2.24) is 0 Å². The molecule has 96 valence electrons. The van der Waals surface area contributed by atoms with E-state index < -0.39 is 9.84 Å². The van der Waals surface area contributed by atoms with E-state index in [-0.39, 0.29) is 0 Å². The van der Waals surface area contributed by atoms with Crippen molar-refractivity contribution in [2.24, 2.45) is 5.92 Å². The van der Waals surface area contributed by atoms with Gasteiger partial charge in [0.15, 0.2) is 0 Å². The Balaban J connectivity index is 2.19. The van der Waals surface area contributed by atoms with Gasteiger partial charge in [0.2, 0.25) is 0 Å². The second-order valence-electron chi connectivity index (χ2n) is 4.85. The van der Waals surface area contributed by atoms with E-state index in [4.69, 9.17) is 0 Å². The largest absolute Gasteiger partial charge is 0.229 e. The van der Waals surface area contributed by atoms with Gasteiger partial charge in [-0.1, -0.05) is 35.7 Å². The number of rotatable bonds is 7. The first kappa shape index (κ1) is 14.5. The third-order valence-electron chi connectivity index (χ3n) is 3.36. The summed E-state index contributed by atoms with van der Waals surface area (Å²) in [5.74, 6) is 1.51. The minimum absolute atomic E-state index is 0.351. The molecule has 1 aliphatic rings. The Bertz CT molecular complexity index is 281. The maximum Gasteiger partial charge on any atom is 0.150 e. The molecular weight excluding hydrogens is 288 g/mol. The van der Waals surface area contributed by atoms with Crippen molar-refractivity contribution in [2.45, 2.75) is 56.7 Å². The zero-order chi connectivity index (χ0) is 12.0. The molecule has 0 bridgehead atoms. The van der Waals surface area contributed by atoms with Crippen molar-refractivity contribution in [3.05, 3.63) is 0 Å². The summed E-state index contributed by atoms with van der Waals surface area (Å²) in [6.07, 6.45) is 7.89. The molecule has 1 fully saturated rings. The lowest BCUT2D eigenvalue weighted by atomic mass is 10.0. The first-order valence-corrected chi connectivity index (χ1v) is 9.13. The minimum Gasteiger partial charge on any atom is -0.229 e. The van der Waals surface area contributed by atoms with Crippen LogP contribution in [0.15, 0.2) is 0 Å². The Morgan fingerprint density at radius 2 is 1.88 bits per heavy atom. The van der Waals surface area contributed by atoms with Crippen LogP contribution in [0.1, 0.15) is 51.9 Å². The molecule has 0 radical (unpaired) electrons. The van der Waals surface area contributed by atoms with Crippen LogP contribution in [-0.2, 0) is 9.84 Å². The summed E-state index contributed by atoms with van der Waals surface area (Å²) >= 11 is 3.72. The van der Waals surface area contributed by atoms with Gasteiger partial charge in [0.25, 0.3) is 0 Å². The van der Waals surface area contributed by atoms with Crippen molar-refractivity contribution in [2.75, 3.05) is 11.5 Å². The third-order valence-corrected chi connectivity index (χ3v) is 6.51. The van der Waals surface area contributed by atoms with Gasteiger partial charge >= 0.3 is 0 Å². The van der Waals surface area contributed by atoms with Crippen molar-refractivity contribution in [3.63, 3.8) is 0 Å². The van der Waals surface area contributed by atoms with Gasteiger partial charge in [-0.2, -0.15) is 0 Å². The lowest BCUT2D eigenvalue weighted by molar-refractivity contribution is 0.500. The summed E-state index contributed by atoms with van der Waals surface area (Å²) in [5.41, 5.74) is 0. The Kier molecular flexibility index (Phi) is 6.34. The second-order valence-corrected chi connectivity index (χ2v) is 8.33. The standard InChI is InChI=1S/C12H23BrO2S/c1-2-9-16(14,15)10-5-8-12(13)11-6-3-4-7-11/h11-12H,2-10H2,1H3. The predicted octanol–water partition coefficient (Wildman–Crippen LogP) is 3.55. The molecule has 0 heterocycles. The highest BCUT2D eigenvalue weighted by molar-refractivity contribution is 9.09. The van der Waals surface area contributed by atoms with Crippen molar-refractivity contribution in [3.8, 4) is 0 Å². The molecule has 1 unspecified atom stereocenters. The highest BCUT2D eigenvalue weighted by Gasteiger charge is 2.22. The summed E-state index contributed by atoms with van der Waals surface area (Å²) in [7, 11) is -2.77. The van der Waals surface area contributed by atoms with Gasteiger partial charge in [0, 0.05) is 10.6 Å². The highest BCUT2D eigenvalue weighted by atomic mass is 79.9. The Morgan fingerprint density at radius 3 is 2.44 bits per heavy atom. The van der Waals surface area contributed by atoms with Crippen LogP contribution >= 0.6 is 15.9 Å². The fourth-order valence-electron chi connectivity index (χ4n) is 2.47. The number of alkyl halides is 1. The van der Waals surface area contributed by atoms with E-state index in [2.05, 4.69) is 15.9 Å². The Hall–Kier alpha value is 0.430. The summed E-state index contributed by atoms with van der Waals surface area (Å²) < 4.78 is 23.0. The molecular formula is C12H23BrO2S. The fraction of sp³-hybridized carbons (Fsp3) is 1.00. The summed E-state index contributed by atoms with van der Waals surface area (Å²) in [6, 6.07) is 0. The monoisotopic (exact) mass is 310 g/mol. The van der Waals surface area contributed by atoms with E-state index in [0.29, 0.717) is 16.3 Å². The molecule has 2 nitrogen and oxygen atoms in total. The number of hydrogen-bond donors (Lipinski definition) is 0. The van der Waals surface area contributed by atoms with Crippen LogP contribution in [0.2, 0.25) is 0 Å². The molecule has 0 spiro atoms. The van der Waals surface area contributed by atoms with E-state index >= 15 is 0 Å². The van der Waals surface area contributed by atoms with Crippen molar-refractivity contribution >= 4 is 25.8 Å². The molecule has 1 rings (SSSR count). The molecule has 1 aliphatic carbocycles. The molecule has 0 N–H and O–H groups in total. The van der Waals surface area contributed by atoms with Crippen LogP contribution in [-0.4, -0.2) is 24.8 Å². The van der Waals surface area contributed by atoms with Crippen LogP contribution in [0.4, 0.5) is 0 Å². The van der Waals surface area contributed by atoms with Gasteiger partial charge in [-0.3, -0.25) is 0 Å². The average Bonchev–Trinajstić information content (AvgIpc) is 2.69. The SMILES string of the molecule is CCCS(=O)(=O)CCCC(Br)C1CCCC1. The molecule has 0 saturated heterocycles. The molecule has 0 aromatic carbocycles. The van der Waals surface area contributed by atoms with E-state index in [1.165, 1.54) is 25.7 Å². The van der Waals surface area contributed by atoms with Crippen LogP contribution in [0.3, 0.4) is 0 Å². The van der Waals surface area contributed by atoms with E-state index in [9.17, 15) is 8.42 Å². The first-order chi connectivity index (χ1) is 7.55. The van der Waals surface area contributed by atoms with Crippen molar-refractivity contribution in [1.29, 1.82) is 0 Å². The van der Waals surface area contributed by atoms with Gasteiger partial charge in [0.05, 0.1) is 5.75 Å². The van der Waals surface area contributed by atoms with E-state index in [0.717, 1.165) is 25.2 Å². The van der Waals surface area contributed by atoms with Gasteiger partial charge in [-0.05, 0) is 38.0 Å². The molecule has 0 amide bonds. The Morgan fingerprint density at radius 1 is 1.25 bits per heavy atom. The summed E-state index contributed by atoms with van der Waals surface area (Å²) in [5, 5.41) is 0. The minimum atomic E-state index is -2.77. The van der Waals surface area contributed by atoms with Crippen LogP contribution in [0.5, 0.6) is 0 Å². The molecule has 0 aromatic heterocycles. The van der Waals surface area contributed by atoms with Crippen LogP contribution < -0.4 is 0 Å². The van der Waals surface area contributed by atoms with Gasteiger partial charge in [-0.25, -0.2) is 8.42 Å². The zero-order valence-electron chi connectivity index (χ0n) is 10.1. The average molecular weight is 311 g/mol. The van der Waals surface area contributed by atoms with Crippen molar-refractivity contribution < 1.29 is 8.42 Å². The van der Waals surface area contributed by atoms with Gasteiger partial charge < -0.3 is 0 Å².